The van der Waals surface area contributed by atoms with Gasteiger partial charge in [-0.05, 0) is 37.8 Å². The number of pyridine rings is 1. The van der Waals surface area contributed by atoms with Gasteiger partial charge in [-0.2, -0.15) is 0 Å². The maximum absolute atomic E-state index is 12.3. The molecule has 1 N–H and O–H groups in total. The normalized spacial score (nSPS) is 17.0. The molecule has 0 radical (unpaired) electrons. The molecule has 1 fully saturated rings. The Morgan fingerprint density at radius 2 is 2.17 bits per heavy atom. The van der Waals surface area contributed by atoms with Gasteiger partial charge in [0.25, 0.3) is 0 Å². The van der Waals surface area contributed by atoms with Crippen LogP contribution in [0.5, 0.6) is 0 Å². The van der Waals surface area contributed by atoms with Crippen molar-refractivity contribution in [2.45, 2.75) is 64.7 Å². The number of nitrogens with zero attached hydrogens (tertiary/aromatic N) is 2. The lowest BCUT2D eigenvalue weighted by molar-refractivity contribution is 0.00287. The molecule has 23 heavy (non-hydrogen) atoms. The van der Waals surface area contributed by atoms with Gasteiger partial charge in [0.05, 0.1) is 18.4 Å². The van der Waals surface area contributed by atoms with Crippen molar-refractivity contribution in [3.8, 4) is 0 Å². The molecule has 0 saturated carbocycles. The number of rotatable bonds is 7. The van der Waals surface area contributed by atoms with Crippen molar-refractivity contribution in [3.63, 3.8) is 0 Å². The molecule has 0 unspecified atom stereocenters. The van der Waals surface area contributed by atoms with Crippen LogP contribution in [-0.2, 0) is 11.3 Å². The van der Waals surface area contributed by atoms with E-state index < -0.39 is 0 Å². The van der Waals surface area contributed by atoms with Gasteiger partial charge in [0.2, 0.25) is 0 Å². The first-order valence-electron chi connectivity index (χ1n) is 8.79. The standard InChI is InChI=1S/C18H29N3O2/c1-3-7-15(4-2)20-18(22)21-12-9-17(10-13-21)23-14-16-8-5-6-11-19-16/h5-6,8,11,15,17H,3-4,7,9-10,12-14H2,1-2H3,(H,20,22)/t15-/m1/s1. The average molecular weight is 319 g/mol. The molecule has 2 amide bonds. The zero-order chi connectivity index (χ0) is 16.5. The van der Waals surface area contributed by atoms with Crippen molar-refractivity contribution in [2.75, 3.05) is 13.1 Å². The van der Waals surface area contributed by atoms with Gasteiger partial charge in [0.1, 0.15) is 0 Å². The smallest absolute Gasteiger partial charge is 0.317 e. The molecule has 5 nitrogen and oxygen atoms in total. The fourth-order valence-corrected chi connectivity index (χ4v) is 2.91. The minimum Gasteiger partial charge on any atom is -0.372 e. The minimum absolute atomic E-state index is 0.0773. The van der Waals surface area contributed by atoms with Gasteiger partial charge in [0.15, 0.2) is 0 Å². The van der Waals surface area contributed by atoms with E-state index in [4.69, 9.17) is 4.74 Å². The van der Waals surface area contributed by atoms with Crippen molar-refractivity contribution < 1.29 is 9.53 Å². The molecule has 1 aliphatic rings. The first kappa shape index (κ1) is 17.7. The van der Waals surface area contributed by atoms with Crippen LogP contribution in [0.25, 0.3) is 0 Å². The predicted octanol–water partition coefficient (Wildman–Crippen LogP) is 3.35. The zero-order valence-corrected chi connectivity index (χ0v) is 14.3. The largest absolute Gasteiger partial charge is 0.372 e. The van der Waals surface area contributed by atoms with Crippen molar-refractivity contribution in [2.24, 2.45) is 0 Å². The molecule has 2 rings (SSSR count). The molecular weight excluding hydrogens is 290 g/mol. The lowest BCUT2D eigenvalue weighted by atomic mass is 10.1. The second-order valence-corrected chi connectivity index (χ2v) is 6.16. The minimum atomic E-state index is 0.0773. The summed E-state index contributed by atoms with van der Waals surface area (Å²) in [6, 6.07) is 6.22. The van der Waals surface area contributed by atoms with E-state index in [0.29, 0.717) is 12.6 Å². The number of ether oxygens (including phenoxy) is 1. The molecule has 1 aromatic rings. The SMILES string of the molecule is CCC[C@@H](CC)NC(=O)N1CCC(OCc2ccccn2)CC1. The van der Waals surface area contributed by atoms with Crippen molar-refractivity contribution >= 4 is 6.03 Å². The number of nitrogens with one attached hydrogen (secondary N) is 1. The highest BCUT2D eigenvalue weighted by atomic mass is 16.5. The number of hydrogen-bond acceptors (Lipinski definition) is 3. The summed E-state index contributed by atoms with van der Waals surface area (Å²) in [5.74, 6) is 0. The van der Waals surface area contributed by atoms with Crippen LogP contribution in [0, 0.1) is 0 Å². The van der Waals surface area contributed by atoms with E-state index in [2.05, 4.69) is 24.1 Å². The summed E-state index contributed by atoms with van der Waals surface area (Å²) in [6.07, 6.45) is 6.93. The number of aromatic nitrogens is 1. The lowest BCUT2D eigenvalue weighted by Gasteiger charge is -2.33. The number of carbonyl (C=O) groups excluding carboxylic acids is 1. The lowest BCUT2D eigenvalue weighted by Crippen LogP contribution is -2.48. The maximum Gasteiger partial charge on any atom is 0.317 e. The third-order valence-corrected chi connectivity index (χ3v) is 4.38. The average Bonchev–Trinajstić information content (AvgIpc) is 2.60. The summed E-state index contributed by atoms with van der Waals surface area (Å²) in [4.78, 5) is 18.5. The molecule has 1 aliphatic heterocycles. The zero-order valence-electron chi connectivity index (χ0n) is 14.3. The third kappa shape index (κ3) is 5.82. The Hall–Kier alpha value is -1.62. The number of carbonyl (C=O) groups is 1. The summed E-state index contributed by atoms with van der Waals surface area (Å²) in [5, 5.41) is 3.15. The summed E-state index contributed by atoms with van der Waals surface area (Å²) in [5.41, 5.74) is 0.957. The van der Waals surface area contributed by atoms with E-state index in [0.717, 1.165) is 50.9 Å². The number of urea groups is 1. The molecule has 2 heterocycles. The second-order valence-electron chi connectivity index (χ2n) is 6.16. The monoisotopic (exact) mass is 319 g/mol. The molecule has 128 valence electrons. The van der Waals surface area contributed by atoms with Gasteiger partial charge in [-0.3, -0.25) is 4.98 Å². The van der Waals surface area contributed by atoms with E-state index in [1.54, 1.807) is 6.20 Å². The van der Waals surface area contributed by atoms with E-state index in [1.165, 1.54) is 0 Å². The molecular formula is C18H29N3O2. The van der Waals surface area contributed by atoms with Gasteiger partial charge in [-0.1, -0.05) is 26.3 Å². The molecule has 0 spiro atoms. The van der Waals surface area contributed by atoms with Crippen LogP contribution < -0.4 is 5.32 Å². The van der Waals surface area contributed by atoms with Crippen LogP contribution in [0.3, 0.4) is 0 Å². The van der Waals surface area contributed by atoms with Gasteiger partial charge < -0.3 is 15.0 Å². The molecule has 1 aromatic heterocycles. The molecule has 0 bridgehead atoms. The number of hydrogen-bond donors (Lipinski definition) is 1. The highest BCUT2D eigenvalue weighted by Gasteiger charge is 2.24. The van der Waals surface area contributed by atoms with E-state index in [9.17, 15) is 4.79 Å². The summed E-state index contributed by atoms with van der Waals surface area (Å²) in [6.45, 7) is 6.35. The quantitative estimate of drug-likeness (QED) is 0.838. The highest BCUT2D eigenvalue weighted by Crippen LogP contribution is 2.15. The Morgan fingerprint density at radius 3 is 2.78 bits per heavy atom. The van der Waals surface area contributed by atoms with E-state index in [-0.39, 0.29) is 12.1 Å². The maximum atomic E-state index is 12.3. The van der Waals surface area contributed by atoms with Crippen molar-refractivity contribution in [1.29, 1.82) is 0 Å². The fourth-order valence-electron chi connectivity index (χ4n) is 2.91. The molecule has 1 atom stereocenters. The van der Waals surface area contributed by atoms with Crippen LogP contribution in [0.15, 0.2) is 24.4 Å². The topological polar surface area (TPSA) is 54.5 Å². The number of likely N-dealkylation sites (tertiary alicyclic amines) is 1. The van der Waals surface area contributed by atoms with Crippen molar-refractivity contribution in [3.05, 3.63) is 30.1 Å². The van der Waals surface area contributed by atoms with Crippen LogP contribution in [0.1, 0.15) is 51.6 Å². The van der Waals surface area contributed by atoms with Crippen LogP contribution >= 0.6 is 0 Å². The van der Waals surface area contributed by atoms with E-state index in [1.807, 2.05) is 23.1 Å². The molecule has 1 saturated heterocycles. The Kier molecular flexibility index (Phi) is 7.33. The highest BCUT2D eigenvalue weighted by molar-refractivity contribution is 5.74. The molecule has 5 heteroatoms. The van der Waals surface area contributed by atoms with Crippen LogP contribution in [0.4, 0.5) is 4.79 Å². The summed E-state index contributed by atoms with van der Waals surface area (Å²) >= 11 is 0. The van der Waals surface area contributed by atoms with Gasteiger partial charge in [0, 0.05) is 25.3 Å². The van der Waals surface area contributed by atoms with Gasteiger partial charge in [-0.25, -0.2) is 4.79 Å². The van der Waals surface area contributed by atoms with Gasteiger partial charge in [-0.15, -0.1) is 0 Å². The van der Waals surface area contributed by atoms with Crippen LogP contribution in [-0.4, -0.2) is 41.2 Å². The fraction of sp³-hybridized carbons (Fsp3) is 0.667. The Labute approximate surface area is 139 Å². The second kappa shape index (κ2) is 9.50. The first-order chi connectivity index (χ1) is 11.2. The number of amides is 2. The molecule has 0 aliphatic carbocycles. The molecule has 0 aromatic carbocycles. The third-order valence-electron chi connectivity index (χ3n) is 4.38. The Bertz CT molecular complexity index is 459. The summed E-state index contributed by atoms with van der Waals surface area (Å²) < 4.78 is 5.92. The first-order valence-corrected chi connectivity index (χ1v) is 8.79. The number of piperidine rings is 1. The van der Waals surface area contributed by atoms with Crippen LogP contribution in [0.2, 0.25) is 0 Å². The predicted molar refractivity (Wildman–Crippen MR) is 91.1 cm³/mol. The van der Waals surface area contributed by atoms with Gasteiger partial charge >= 0.3 is 6.03 Å². The van der Waals surface area contributed by atoms with Crippen molar-refractivity contribution in [1.82, 2.24) is 15.2 Å². The summed E-state index contributed by atoms with van der Waals surface area (Å²) in [7, 11) is 0. The Morgan fingerprint density at radius 1 is 1.39 bits per heavy atom. The Balaban J connectivity index is 1.69. The van der Waals surface area contributed by atoms with E-state index >= 15 is 0 Å².